The highest BCUT2D eigenvalue weighted by Gasteiger charge is 2.93. The maximum Gasteiger partial charge on any atom is 0.460 e. The van der Waals surface area contributed by atoms with Crippen LogP contribution in [0.4, 0.5) is 65.9 Å². The molecule has 25 heavy (non-hydrogen) atoms. The smallest absolute Gasteiger partial charge is 0.200 e. The van der Waals surface area contributed by atoms with E-state index in [0.717, 1.165) is 0 Å². The summed E-state index contributed by atoms with van der Waals surface area (Å²) in [4.78, 5) is 0. The van der Waals surface area contributed by atoms with Gasteiger partial charge in [-0.2, -0.15) is 65.9 Å². The molecule has 0 N–H and O–H groups in total. The van der Waals surface area contributed by atoms with Gasteiger partial charge in [-0.05, 0) is 0 Å². The molecule has 0 atom stereocenters. The monoisotopic (exact) mass is 412 g/mol. The van der Waals surface area contributed by atoms with Gasteiger partial charge < -0.3 is 0 Å². The zero-order chi connectivity index (χ0) is 20.9. The zero-order valence-corrected chi connectivity index (χ0v) is 11.6. The number of halogens is 15. The van der Waals surface area contributed by atoms with Crippen LogP contribution in [0, 0.1) is 0 Å². The van der Waals surface area contributed by atoms with Crippen molar-refractivity contribution < 1.29 is 65.9 Å². The fourth-order valence-corrected chi connectivity index (χ4v) is 1.47. The Morgan fingerprint density at radius 2 is 0.720 bits per heavy atom. The van der Waals surface area contributed by atoms with Crippen LogP contribution >= 0.6 is 0 Å². The normalized spacial score (nSPS) is 16.3. The topological polar surface area (TPSA) is 0 Å². The molecule has 0 aliphatic carbocycles. The van der Waals surface area contributed by atoms with Crippen LogP contribution in [0.15, 0.2) is 0 Å². The lowest BCUT2D eigenvalue weighted by Gasteiger charge is -2.41. The Labute approximate surface area is 129 Å². The first-order valence-electron chi connectivity index (χ1n) is 5.90. The molecule has 0 radical (unpaired) electrons. The number of alkyl halides is 15. The van der Waals surface area contributed by atoms with Crippen molar-refractivity contribution in [3.8, 4) is 0 Å². The fraction of sp³-hybridized carbons (Fsp3) is 1.00. The van der Waals surface area contributed by atoms with Crippen LogP contribution in [0.1, 0.15) is 19.8 Å². The van der Waals surface area contributed by atoms with Crippen molar-refractivity contribution in [2.75, 3.05) is 0 Å². The Balaban J connectivity index is 6.40. The van der Waals surface area contributed by atoms with Crippen molar-refractivity contribution in [2.45, 2.75) is 61.5 Å². The summed E-state index contributed by atoms with van der Waals surface area (Å²) in [6.07, 6.45) is -10.9. The zero-order valence-electron chi connectivity index (χ0n) is 11.6. The van der Waals surface area contributed by atoms with Crippen LogP contribution in [0.2, 0.25) is 0 Å². The highest BCUT2D eigenvalue weighted by molar-refractivity contribution is 5.12. The molecular weight excluding hydrogens is 405 g/mol. The maximum atomic E-state index is 13.1. The minimum absolute atomic E-state index is 0.659. The van der Waals surface area contributed by atoms with Gasteiger partial charge >= 0.3 is 41.7 Å². The molecule has 0 aromatic rings. The first-order valence-corrected chi connectivity index (χ1v) is 5.90. The minimum Gasteiger partial charge on any atom is -0.200 e. The molecule has 0 fully saturated rings. The Bertz CT molecular complexity index is 471. The molecule has 0 aromatic carbocycles. The summed E-state index contributed by atoms with van der Waals surface area (Å²) in [6.45, 7) is 0.659. The van der Waals surface area contributed by atoms with Gasteiger partial charge in [0.15, 0.2) is 0 Å². The standard InChI is InChI=1S/C10H7F15/c1-2-3-4(11,12)5(13,14)6(15,16)7(17,18)8(19,20)9(21,22)10(23,24)25/h2-3H2,1H3. The summed E-state index contributed by atoms with van der Waals surface area (Å²) in [5, 5.41) is 0. The van der Waals surface area contributed by atoms with Crippen molar-refractivity contribution in [1.29, 1.82) is 0 Å². The summed E-state index contributed by atoms with van der Waals surface area (Å²) in [5.41, 5.74) is 0. The highest BCUT2D eigenvalue weighted by atomic mass is 19.4. The van der Waals surface area contributed by atoms with Crippen molar-refractivity contribution in [1.82, 2.24) is 0 Å². The van der Waals surface area contributed by atoms with Gasteiger partial charge in [0, 0.05) is 6.42 Å². The second-order valence-corrected chi connectivity index (χ2v) is 4.82. The van der Waals surface area contributed by atoms with E-state index in [4.69, 9.17) is 0 Å². The number of rotatable bonds is 7. The minimum atomic E-state index is -8.19. The molecule has 0 amide bonds. The molecule has 0 heterocycles. The van der Waals surface area contributed by atoms with E-state index < -0.39 is 54.6 Å². The third-order valence-corrected chi connectivity index (χ3v) is 2.96. The van der Waals surface area contributed by atoms with E-state index >= 15 is 0 Å². The van der Waals surface area contributed by atoms with E-state index in [0.29, 0.717) is 6.92 Å². The van der Waals surface area contributed by atoms with E-state index in [9.17, 15) is 65.9 Å². The largest absolute Gasteiger partial charge is 0.460 e. The summed E-state index contributed by atoms with van der Waals surface area (Å²) >= 11 is 0. The second kappa shape index (κ2) is 5.99. The Hall–Kier alpha value is -1.05. The molecular formula is C10H7F15. The Morgan fingerprint density at radius 1 is 0.440 bits per heavy atom. The maximum absolute atomic E-state index is 13.1. The van der Waals surface area contributed by atoms with Crippen LogP contribution in [0.3, 0.4) is 0 Å². The van der Waals surface area contributed by atoms with E-state index in [1.54, 1.807) is 0 Å². The lowest BCUT2D eigenvalue weighted by Crippen LogP contribution is -2.72. The summed E-state index contributed by atoms with van der Waals surface area (Å²) in [7, 11) is 0. The van der Waals surface area contributed by atoms with E-state index in [1.807, 2.05) is 0 Å². The van der Waals surface area contributed by atoms with Gasteiger partial charge in [0.1, 0.15) is 0 Å². The van der Waals surface area contributed by atoms with Crippen molar-refractivity contribution >= 4 is 0 Å². The van der Waals surface area contributed by atoms with Gasteiger partial charge in [0.05, 0.1) is 0 Å². The summed E-state index contributed by atoms with van der Waals surface area (Å²) < 4.78 is 190. The SMILES string of the molecule is CCCC(F)(F)C(F)(F)C(F)(F)C(F)(F)C(F)(F)C(F)(F)C(F)(F)F. The average Bonchev–Trinajstić information content (AvgIpc) is 2.35. The molecule has 0 bridgehead atoms. The molecule has 152 valence electrons. The lowest BCUT2D eigenvalue weighted by atomic mass is 9.90. The number of hydrogen-bond acceptors (Lipinski definition) is 0. The van der Waals surface area contributed by atoms with Crippen molar-refractivity contribution in [2.24, 2.45) is 0 Å². The van der Waals surface area contributed by atoms with Gasteiger partial charge in [0.2, 0.25) is 0 Å². The van der Waals surface area contributed by atoms with Crippen LogP contribution in [-0.2, 0) is 0 Å². The molecule has 0 rings (SSSR count). The van der Waals surface area contributed by atoms with E-state index in [1.165, 1.54) is 0 Å². The molecule has 0 spiro atoms. The van der Waals surface area contributed by atoms with E-state index in [-0.39, 0.29) is 0 Å². The fourth-order valence-electron chi connectivity index (χ4n) is 1.47. The predicted molar refractivity (Wildman–Crippen MR) is 50.6 cm³/mol. The first-order chi connectivity index (χ1) is 10.6. The van der Waals surface area contributed by atoms with Crippen LogP contribution in [0.5, 0.6) is 0 Å². The molecule has 0 unspecified atom stereocenters. The summed E-state index contributed by atoms with van der Waals surface area (Å²) in [5.74, 6) is -45.7. The average molecular weight is 412 g/mol. The van der Waals surface area contributed by atoms with Crippen molar-refractivity contribution in [3.63, 3.8) is 0 Å². The third kappa shape index (κ3) is 3.11. The lowest BCUT2D eigenvalue weighted by molar-refractivity contribution is -0.452. The van der Waals surface area contributed by atoms with Crippen LogP contribution < -0.4 is 0 Å². The van der Waals surface area contributed by atoms with Crippen molar-refractivity contribution in [3.05, 3.63) is 0 Å². The highest BCUT2D eigenvalue weighted by Crippen LogP contribution is 2.62. The van der Waals surface area contributed by atoms with Crippen LogP contribution in [-0.4, -0.2) is 41.7 Å². The van der Waals surface area contributed by atoms with E-state index in [2.05, 4.69) is 0 Å². The Kier molecular flexibility index (Phi) is 5.74. The van der Waals surface area contributed by atoms with Gasteiger partial charge in [0.25, 0.3) is 0 Å². The predicted octanol–water partition coefficient (Wildman–Crippen LogP) is 6.16. The van der Waals surface area contributed by atoms with Gasteiger partial charge in [-0.15, -0.1) is 0 Å². The molecule has 15 heteroatoms. The quantitative estimate of drug-likeness (QED) is 0.440. The Morgan fingerprint density at radius 3 is 1.00 bits per heavy atom. The third-order valence-electron chi connectivity index (χ3n) is 2.96. The molecule has 0 aromatic heterocycles. The molecule has 0 saturated heterocycles. The second-order valence-electron chi connectivity index (χ2n) is 4.82. The number of hydrogen-bond donors (Lipinski definition) is 0. The van der Waals surface area contributed by atoms with Crippen LogP contribution in [0.25, 0.3) is 0 Å². The molecule has 0 aliphatic rings. The van der Waals surface area contributed by atoms with Gasteiger partial charge in [-0.25, -0.2) is 0 Å². The molecule has 0 aliphatic heterocycles. The van der Waals surface area contributed by atoms with Gasteiger partial charge in [-0.3, -0.25) is 0 Å². The summed E-state index contributed by atoms with van der Waals surface area (Å²) in [6, 6.07) is 0. The first kappa shape index (κ1) is 23.9. The molecule has 0 saturated carbocycles. The molecule has 0 nitrogen and oxygen atoms in total. The van der Waals surface area contributed by atoms with Gasteiger partial charge in [-0.1, -0.05) is 13.3 Å².